The fourth-order valence-corrected chi connectivity index (χ4v) is 2.25. The Balaban J connectivity index is 0.000000847. The number of imidazole rings is 1. The lowest BCUT2D eigenvalue weighted by atomic mass is 10.1. The van der Waals surface area contributed by atoms with Crippen LogP contribution in [0.25, 0.3) is 23.8 Å². The second-order valence-electron chi connectivity index (χ2n) is 4.58. The highest BCUT2D eigenvalue weighted by atomic mass is 16.5. The van der Waals surface area contributed by atoms with E-state index in [9.17, 15) is 0 Å². The minimum atomic E-state index is 0.524. The van der Waals surface area contributed by atoms with Crippen molar-refractivity contribution in [3.8, 4) is 5.75 Å². The number of aromatic amines is 1. The predicted molar refractivity (Wildman–Crippen MR) is 94.5 cm³/mol. The van der Waals surface area contributed by atoms with E-state index in [2.05, 4.69) is 22.6 Å². The van der Waals surface area contributed by atoms with Gasteiger partial charge in [-0.05, 0) is 31.2 Å². The molecule has 1 aliphatic heterocycles. The van der Waals surface area contributed by atoms with Gasteiger partial charge in [0.15, 0.2) is 0 Å². The number of hydrogen-bond acceptors (Lipinski definition) is 2. The fraction of sp³-hybridized carbons (Fsp3) is 0.211. The van der Waals surface area contributed by atoms with Crippen molar-refractivity contribution in [3.63, 3.8) is 0 Å². The van der Waals surface area contributed by atoms with Gasteiger partial charge in [-0.3, -0.25) is 0 Å². The number of nitrogens with one attached hydrogen (secondary N) is 1. The summed E-state index contributed by atoms with van der Waals surface area (Å²) in [6, 6.07) is 8.00. The Morgan fingerprint density at radius 1 is 1.27 bits per heavy atom. The maximum Gasteiger partial charge on any atom is 0.137 e. The number of H-pyrrole nitrogens is 1. The fourth-order valence-electron chi connectivity index (χ4n) is 2.25. The van der Waals surface area contributed by atoms with E-state index in [1.54, 1.807) is 6.08 Å². The number of fused-ring (bicyclic) bond motifs is 1. The molecule has 1 aliphatic rings. The van der Waals surface area contributed by atoms with E-state index < -0.39 is 0 Å². The molecule has 0 radical (unpaired) electrons. The van der Waals surface area contributed by atoms with Gasteiger partial charge in [-0.15, -0.1) is 0 Å². The highest BCUT2D eigenvalue weighted by molar-refractivity contribution is 5.84. The topological polar surface area (TPSA) is 37.9 Å². The molecule has 0 unspecified atom stereocenters. The Hall–Kier alpha value is -2.55. The summed E-state index contributed by atoms with van der Waals surface area (Å²) in [5, 5.41) is 0. The summed E-state index contributed by atoms with van der Waals surface area (Å²) in [5.41, 5.74) is 3.95. The molecule has 22 heavy (non-hydrogen) atoms. The lowest BCUT2D eigenvalue weighted by molar-refractivity contribution is 0.365. The number of hydrogen-bond donors (Lipinski definition) is 1. The molecule has 3 nitrogen and oxygen atoms in total. The summed E-state index contributed by atoms with van der Waals surface area (Å²) in [5.74, 6) is 1.75. The SMILES string of the molecule is C=Cc1nc(C2=Cc3ccccc3OC2)[nH]c1/C=C\C.CC. The molecule has 3 rings (SSSR count). The Morgan fingerprint density at radius 2 is 2.05 bits per heavy atom. The van der Waals surface area contributed by atoms with Crippen LogP contribution in [-0.4, -0.2) is 16.6 Å². The molecular weight excluding hydrogens is 272 g/mol. The van der Waals surface area contributed by atoms with Crippen LogP contribution in [0.5, 0.6) is 5.75 Å². The number of nitrogens with zero attached hydrogens (tertiary/aromatic N) is 1. The second kappa shape index (κ2) is 7.46. The van der Waals surface area contributed by atoms with Crippen LogP contribution in [0.3, 0.4) is 0 Å². The van der Waals surface area contributed by atoms with Gasteiger partial charge in [-0.1, -0.05) is 44.7 Å². The number of allylic oxidation sites excluding steroid dienone is 1. The van der Waals surface area contributed by atoms with Crippen molar-refractivity contribution in [2.75, 3.05) is 6.61 Å². The van der Waals surface area contributed by atoms with Crippen LogP contribution in [0.1, 0.15) is 43.5 Å². The first-order valence-electron chi connectivity index (χ1n) is 7.59. The molecule has 0 fully saturated rings. The van der Waals surface area contributed by atoms with Crippen LogP contribution in [0, 0.1) is 0 Å². The summed E-state index contributed by atoms with van der Waals surface area (Å²) in [6.07, 6.45) is 7.84. The lowest BCUT2D eigenvalue weighted by Gasteiger charge is -2.16. The zero-order chi connectivity index (χ0) is 15.9. The second-order valence-corrected chi connectivity index (χ2v) is 4.58. The smallest absolute Gasteiger partial charge is 0.137 e. The molecular formula is C19H22N2O. The van der Waals surface area contributed by atoms with Crippen molar-refractivity contribution in [2.24, 2.45) is 0 Å². The summed E-state index contributed by atoms with van der Waals surface area (Å²) < 4.78 is 5.76. The van der Waals surface area contributed by atoms with Gasteiger partial charge in [0.05, 0.1) is 11.4 Å². The first kappa shape index (κ1) is 15.8. The van der Waals surface area contributed by atoms with Crippen LogP contribution < -0.4 is 4.74 Å². The number of para-hydroxylation sites is 1. The van der Waals surface area contributed by atoms with Crippen molar-refractivity contribution in [2.45, 2.75) is 20.8 Å². The molecule has 0 aliphatic carbocycles. The zero-order valence-corrected chi connectivity index (χ0v) is 13.4. The van der Waals surface area contributed by atoms with E-state index in [4.69, 9.17) is 4.74 Å². The molecule has 3 heteroatoms. The van der Waals surface area contributed by atoms with Crippen molar-refractivity contribution in [3.05, 3.63) is 59.7 Å². The molecule has 0 saturated carbocycles. The van der Waals surface area contributed by atoms with E-state index >= 15 is 0 Å². The summed E-state index contributed by atoms with van der Waals surface area (Å²) in [7, 11) is 0. The largest absolute Gasteiger partial charge is 0.488 e. The molecule has 0 spiro atoms. The third-order valence-corrected chi connectivity index (χ3v) is 3.22. The number of aromatic nitrogens is 2. The molecule has 1 N–H and O–H groups in total. The maximum atomic E-state index is 5.76. The van der Waals surface area contributed by atoms with Gasteiger partial charge in [0, 0.05) is 11.1 Å². The van der Waals surface area contributed by atoms with E-state index in [-0.39, 0.29) is 0 Å². The van der Waals surface area contributed by atoms with E-state index in [0.29, 0.717) is 6.61 Å². The summed E-state index contributed by atoms with van der Waals surface area (Å²) in [6.45, 7) is 10.3. The van der Waals surface area contributed by atoms with Crippen LogP contribution in [0.15, 0.2) is 36.9 Å². The maximum absolute atomic E-state index is 5.76. The molecule has 0 amide bonds. The minimum absolute atomic E-state index is 0.524. The third kappa shape index (κ3) is 3.19. The van der Waals surface area contributed by atoms with Gasteiger partial charge in [-0.25, -0.2) is 4.98 Å². The number of ether oxygens (including phenoxy) is 1. The number of rotatable bonds is 3. The Kier molecular flexibility index (Phi) is 5.37. The summed E-state index contributed by atoms with van der Waals surface area (Å²) >= 11 is 0. The van der Waals surface area contributed by atoms with E-state index in [1.807, 2.05) is 57.2 Å². The predicted octanol–water partition coefficient (Wildman–Crippen LogP) is 5.05. The van der Waals surface area contributed by atoms with Gasteiger partial charge in [0.2, 0.25) is 0 Å². The molecule has 2 heterocycles. The molecule has 0 bridgehead atoms. The first-order chi connectivity index (χ1) is 10.8. The van der Waals surface area contributed by atoms with Gasteiger partial charge in [-0.2, -0.15) is 0 Å². The normalized spacial score (nSPS) is 12.8. The van der Waals surface area contributed by atoms with Gasteiger partial charge >= 0.3 is 0 Å². The zero-order valence-electron chi connectivity index (χ0n) is 13.4. The van der Waals surface area contributed by atoms with Gasteiger partial charge in [0.25, 0.3) is 0 Å². The van der Waals surface area contributed by atoms with E-state index in [0.717, 1.165) is 34.1 Å². The molecule has 0 atom stereocenters. The monoisotopic (exact) mass is 294 g/mol. The standard InChI is InChI=1S/C17H16N2O.C2H6/c1-3-7-15-14(4-2)18-17(19-15)13-10-12-8-5-6-9-16(12)20-11-13;1-2/h3-10H,2,11H2,1H3,(H,18,19);1-2H3/b7-3-;. The van der Waals surface area contributed by atoms with Crippen LogP contribution >= 0.6 is 0 Å². The first-order valence-corrected chi connectivity index (χ1v) is 7.59. The average Bonchev–Trinajstić information content (AvgIpc) is 3.00. The quantitative estimate of drug-likeness (QED) is 0.860. The highest BCUT2D eigenvalue weighted by Crippen LogP contribution is 2.29. The molecule has 0 saturated heterocycles. The van der Waals surface area contributed by atoms with Crippen molar-refractivity contribution in [1.82, 2.24) is 9.97 Å². The van der Waals surface area contributed by atoms with E-state index in [1.165, 1.54) is 0 Å². The molecule has 2 aromatic rings. The minimum Gasteiger partial charge on any atom is -0.488 e. The molecule has 1 aromatic carbocycles. The highest BCUT2D eigenvalue weighted by Gasteiger charge is 2.15. The van der Waals surface area contributed by atoms with Crippen molar-refractivity contribution < 1.29 is 4.74 Å². The molecule has 114 valence electrons. The summed E-state index contributed by atoms with van der Waals surface area (Å²) in [4.78, 5) is 7.89. The Morgan fingerprint density at radius 3 is 2.77 bits per heavy atom. The van der Waals surface area contributed by atoms with Crippen molar-refractivity contribution >= 4 is 23.8 Å². The van der Waals surface area contributed by atoms with Crippen molar-refractivity contribution in [1.29, 1.82) is 0 Å². The lowest BCUT2D eigenvalue weighted by Crippen LogP contribution is -2.07. The van der Waals surface area contributed by atoms with Gasteiger partial charge in [0.1, 0.15) is 18.2 Å². The van der Waals surface area contributed by atoms with Crippen LogP contribution in [0.2, 0.25) is 0 Å². The third-order valence-electron chi connectivity index (χ3n) is 3.22. The Labute approximate surface area is 132 Å². The average molecular weight is 294 g/mol. The van der Waals surface area contributed by atoms with Crippen LogP contribution in [-0.2, 0) is 0 Å². The Bertz CT molecular complexity index is 708. The van der Waals surface area contributed by atoms with Crippen LogP contribution in [0.4, 0.5) is 0 Å². The number of benzene rings is 1. The molecule has 1 aromatic heterocycles. The van der Waals surface area contributed by atoms with Gasteiger partial charge < -0.3 is 9.72 Å².